The topological polar surface area (TPSA) is 49.8 Å². The zero-order valence-corrected chi connectivity index (χ0v) is 10.2. The summed E-state index contributed by atoms with van der Waals surface area (Å²) in [4.78, 5) is 13.9. The van der Waals surface area contributed by atoms with E-state index in [9.17, 15) is 9.90 Å². The van der Waals surface area contributed by atoms with Gasteiger partial charge in [0.25, 0.3) is 5.91 Å². The van der Waals surface area contributed by atoms with Crippen molar-refractivity contribution in [2.75, 3.05) is 6.61 Å². The Morgan fingerprint density at radius 3 is 2.83 bits per heavy atom. The monoisotopic (exact) mass is 247 g/mol. The van der Waals surface area contributed by atoms with Gasteiger partial charge in [-0.05, 0) is 18.4 Å². The molecule has 2 saturated heterocycles. The molecule has 1 amide bonds. The summed E-state index contributed by atoms with van der Waals surface area (Å²) in [7, 11) is 0. The molecule has 2 fully saturated rings. The minimum absolute atomic E-state index is 0.0589. The molecule has 2 aliphatic rings. The standard InChI is InChI=1S/C14H17NO3/c16-12-9-14(7-4-8-18-14)13(17)15(12)10-11-5-2-1-3-6-11/h1-3,5-6,12,16H,4,7-10H2/t12-,14-/m1/s1. The number of benzene rings is 1. The minimum Gasteiger partial charge on any atom is -0.373 e. The van der Waals surface area contributed by atoms with Crippen LogP contribution in [0, 0.1) is 0 Å². The number of hydrogen-bond donors (Lipinski definition) is 1. The molecule has 96 valence electrons. The lowest BCUT2D eigenvalue weighted by molar-refractivity contribution is -0.147. The summed E-state index contributed by atoms with van der Waals surface area (Å²) < 4.78 is 5.60. The van der Waals surface area contributed by atoms with E-state index < -0.39 is 11.8 Å². The van der Waals surface area contributed by atoms with E-state index in [4.69, 9.17) is 4.74 Å². The molecule has 2 heterocycles. The third-order valence-corrected chi connectivity index (χ3v) is 3.82. The Hall–Kier alpha value is -1.39. The van der Waals surface area contributed by atoms with Crippen molar-refractivity contribution in [3.8, 4) is 0 Å². The van der Waals surface area contributed by atoms with Crippen LogP contribution in [-0.4, -0.2) is 34.3 Å². The van der Waals surface area contributed by atoms with E-state index in [0.29, 0.717) is 19.6 Å². The first kappa shape index (κ1) is 11.7. The fourth-order valence-electron chi connectivity index (χ4n) is 2.87. The highest BCUT2D eigenvalue weighted by Crippen LogP contribution is 2.39. The lowest BCUT2D eigenvalue weighted by Crippen LogP contribution is -2.40. The second kappa shape index (κ2) is 4.37. The van der Waals surface area contributed by atoms with Crippen LogP contribution < -0.4 is 0 Å². The highest BCUT2D eigenvalue weighted by Gasteiger charge is 2.53. The fraction of sp³-hybridized carbons (Fsp3) is 0.500. The molecule has 0 bridgehead atoms. The van der Waals surface area contributed by atoms with Gasteiger partial charge in [0.2, 0.25) is 0 Å². The van der Waals surface area contributed by atoms with Crippen LogP contribution in [0.15, 0.2) is 30.3 Å². The van der Waals surface area contributed by atoms with E-state index >= 15 is 0 Å². The molecule has 0 radical (unpaired) electrons. The van der Waals surface area contributed by atoms with Crippen LogP contribution in [0.4, 0.5) is 0 Å². The maximum atomic E-state index is 12.4. The summed E-state index contributed by atoms with van der Waals surface area (Å²) in [6, 6.07) is 9.72. The largest absolute Gasteiger partial charge is 0.373 e. The minimum atomic E-state index is -0.742. The summed E-state index contributed by atoms with van der Waals surface area (Å²) in [5.74, 6) is -0.0589. The number of hydrogen-bond acceptors (Lipinski definition) is 3. The van der Waals surface area contributed by atoms with Crippen LogP contribution in [0.25, 0.3) is 0 Å². The van der Waals surface area contributed by atoms with Gasteiger partial charge in [-0.3, -0.25) is 4.79 Å². The summed E-state index contributed by atoms with van der Waals surface area (Å²) in [6.45, 7) is 1.07. The molecule has 0 aromatic heterocycles. The molecule has 1 aromatic carbocycles. The van der Waals surface area contributed by atoms with Crippen LogP contribution in [0.2, 0.25) is 0 Å². The van der Waals surface area contributed by atoms with Crippen molar-refractivity contribution in [2.45, 2.75) is 37.6 Å². The van der Waals surface area contributed by atoms with E-state index in [1.165, 1.54) is 4.90 Å². The van der Waals surface area contributed by atoms with Gasteiger partial charge < -0.3 is 14.7 Å². The second-order valence-corrected chi connectivity index (χ2v) is 5.05. The van der Waals surface area contributed by atoms with Gasteiger partial charge in [-0.2, -0.15) is 0 Å². The summed E-state index contributed by atoms with van der Waals surface area (Å²) >= 11 is 0. The van der Waals surface area contributed by atoms with Crippen LogP contribution >= 0.6 is 0 Å². The molecule has 2 aliphatic heterocycles. The Bertz CT molecular complexity index is 440. The van der Waals surface area contributed by atoms with Crippen molar-refractivity contribution in [3.63, 3.8) is 0 Å². The van der Waals surface area contributed by atoms with E-state index in [2.05, 4.69) is 0 Å². The third-order valence-electron chi connectivity index (χ3n) is 3.82. The van der Waals surface area contributed by atoms with Crippen molar-refractivity contribution < 1.29 is 14.6 Å². The van der Waals surface area contributed by atoms with Gasteiger partial charge in [-0.25, -0.2) is 0 Å². The number of aliphatic hydroxyl groups is 1. The number of likely N-dealkylation sites (tertiary alicyclic amines) is 1. The Morgan fingerprint density at radius 1 is 1.39 bits per heavy atom. The third kappa shape index (κ3) is 1.82. The Labute approximate surface area is 106 Å². The molecule has 1 N–H and O–H groups in total. The number of amides is 1. The molecule has 1 aromatic rings. The first-order valence-corrected chi connectivity index (χ1v) is 6.38. The highest BCUT2D eigenvalue weighted by molar-refractivity contribution is 5.88. The molecule has 4 nitrogen and oxygen atoms in total. The first-order chi connectivity index (χ1) is 8.71. The quantitative estimate of drug-likeness (QED) is 0.856. The van der Waals surface area contributed by atoms with Gasteiger partial charge in [-0.1, -0.05) is 30.3 Å². The molecule has 18 heavy (non-hydrogen) atoms. The van der Waals surface area contributed by atoms with Crippen LogP contribution in [0.5, 0.6) is 0 Å². The number of ether oxygens (including phenoxy) is 1. The average Bonchev–Trinajstić information content (AvgIpc) is 2.93. The smallest absolute Gasteiger partial charge is 0.257 e. The van der Waals surface area contributed by atoms with Crippen LogP contribution in [0.3, 0.4) is 0 Å². The van der Waals surface area contributed by atoms with E-state index in [1.807, 2.05) is 30.3 Å². The number of rotatable bonds is 2. The summed E-state index contributed by atoms with van der Waals surface area (Å²) in [5, 5.41) is 10.1. The summed E-state index contributed by atoms with van der Waals surface area (Å²) in [5.41, 5.74) is 0.286. The highest BCUT2D eigenvalue weighted by atomic mass is 16.5. The lowest BCUT2D eigenvalue weighted by Gasteiger charge is -2.22. The van der Waals surface area contributed by atoms with E-state index in [0.717, 1.165) is 18.4 Å². The zero-order chi connectivity index (χ0) is 12.6. The average molecular weight is 247 g/mol. The maximum Gasteiger partial charge on any atom is 0.257 e. The van der Waals surface area contributed by atoms with Crippen molar-refractivity contribution in [1.82, 2.24) is 4.90 Å². The number of aliphatic hydroxyl groups excluding tert-OH is 1. The molecular formula is C14H17NO3. The van der Waals surface area contributed by atoms with Gasteiger partial charge in [0, 0.05) is 19.6 Å². The van der Waals surface area contributed by atoms with Gasteiger partial charge in [0.05, 0.1) is 0 Å². The van der Waals surface area contributed by atoms with Crippen LogP contribution in [-0.2, 0) is 16.1 Å². The lowest BCUT2D eigenvalue weighted by atomic mass is 9.98. The van der Waals surface area contributed by atoms with Crippen molar-refractivity contribution in [2.24, 2.45) is 0 Å². The summed E-state index contributed by atoms with van der Waals surface area (Å²) in [6.07, 6.45) is 1.31. The Kier molecular flexibility index (Phi) is 2.84. The Morgan fingerprint density at radius 2 is 2.17 bits per heavy atom. The molecule has 1 spiro atoms. The van der Waals surface area contributed by atoms with Gasteiger partial charge in [-0.15, -0.1) is 0 Å². The number of nitrogens with zero attached hydrogens (tertiary/aromatic N) is 1. The molecule has 0 aliphatic carbocycles. The van der Waals surface area contributed by atoms with Gasteiger partial charge in [0.15, 0.2) is 5.60 Å². The Balaban J connectivity index is 1.79. The van der Waals surface area contributed by atoms with Crippen molar-refractivity contribution >= 4 is 5.91 Å². The zero-order valence-electron chi connectivity index (χ0n) is 10.2. The molecular weight excluding hydrogens is 230 g/mol. The predicted octanol–water partition coefficient (Wildman–Crippen LogP) is 1.29. The number of carbonyl (C=O) groups excluding carboxylic acids is 1. The van der Waals surface area contributed by atoms with Crippen molar-refractivity contribution in [3.05, 3.63) is 35.9 Å². The van der Waals surface area contributed by atoms with Crippen LogP contribution in [0.1, 0.15) is 24.8 Å². The van der Waals surface area contributed by atoms with Crippen molar-refractivity contribution in [1.29, 1.82) is 0 Å². The predicted molar refractivity (Wildman–Crippen MR) is 65.5 cm³/mol. The molecule has 2 atom stereocenters. The second-order valence-electron chi connectivity index (χ2n) is 5.05. The number of carbonyl (C=O) groups is 1. The van der Waals surface area contributed by atoms with Gasteiger partial charge in [0.1, 0.15) is 6.23 Å². The molecule has 0 unspecified atom stereocenters. The SMILES string of the molecule is O=C1N(Cc2ccccc2)[C@H](O)C[C@]12CCCO2. The first-order valence-electron chi connectivity index (χ1n) is 6.38. The van der Waals surface area contributed by atoms with Gasteiger partial charge >= 0.3 is 0 Å². The van der Waals surface area contributed by atoms with E-state index in [-0.39, 0.29) is 5.91 Å². The fourth-order valence-corrected chi connectivity index (χ4v) is 2.87. The maximum absolute atomic E-state index is 12.4. The molecule has 0 saturated carbocycles. The van der Waals surface area contributed by atoms with E-state index in [1.54, 1.807) is 0 Å². The molecule has 3 rings (SSSR count). The molecule has 4 heteroatoms. The normalized spacial score (nSPS) is 31.5.